The molecule has 0 aliphatic rings. The van der Waals surface area contributed by atoms with Crippen molar-refractivity contribution in [2.24, 2.45) is 0 Å². The predicted octanol–water partition coefficient (Wildman–Crippen LogP) is 2.79. The van der Waals surface area contributed by atoms with Crippen molar-refractivity contribution in [1.29, 1.82) is 0 Å². The molecular formula is C5H6ClNS2. The van der Waals surface area contributed by atoms with Crippen LogP contribution in [0.4, 0.5) is 0 Å². The van der Waals surface area contributed by atoms with Gasteiger partial charge in [0.2, 0.25) is 0 Å². The highest BCUT2D eigenvalue weighted by Crippen LogP contribution is 2.26. The summed E-state index contributed by atoms with van der Waals surface area (Å²) in [4.78, 5) is 4.03. The van der Waals surface area contributed by atoms with Gasteiger partial charge in [-0.3, -0.25) is 0 Å². The first-order valence-electron chi connectivity index (χ1n) is 2.49. The smallest absolute Gasteiger partial charge is 0.113 e. The molecule has 1 atom stereocenters. The van der Waals surface area contributed by atoms with Crippen molar-refractivity contribution in [2.45, 2.75) is 12.2 Å². The van der Waals surface area contributed by atoms with E-state index in [2.05, 4.69) is 17.6 Å². The molecule has 0 aromatic carbocycles. The lowest BCUT2D eigenvalue weighted by molar-refractivity contribution is 1.07. The van der Waals surface area contributed by atoms with Crippen LogP contribution in [0, 0.1) is 0 Å². The van der Waals surface area contributed by atoms with Crippen LogP contribution < -0.4 is 0 Å². The Kier molecular flexibility index (Phi) is 2.38. The van der Waals surface area contributed by atoms with E-state index in [-0.39, 0.29) is 5.25 Å². The summed E-state index contributed by atoms with van der Waals surface area (Å²) in [6.07, 6.45) is 1.65. The van der Waals surface area contributed by atoms with Crippen LogP contribution in [-0.2, 0) is 0 Å². The van der Waals surface area contributed by atoms with E-state index < -0.39 is 0 Å². The quantitative estimate of drug-likeness (QED) is 0.655. The lowest BCUT2D eigenvalue weighted by Crippen LogP contribution is -1.78. The van der Waals surface area contributed by atoms with Crippen LogP contribution in [0.25, 0.3) is 0 Å². The summed E-state index contributed by atoms with van der Waals surface area (Å²) in [5, 5.41) is 1.17. The van der Waals surface area contributed by atoms with Crippen molar-refractivity contribution in [1.82, 2.24) is 4.98 Å². The second-order valence-electron chi connectivity index (χ2n) is 1.68. The minimum atomic E-state index is 0.197. The Morgan fingerprint density at radius 3 is 2.78 bits per heavy atom. The molecule has 1 aromatic rings. The van der Waals surface area contributed by atoms with E-state index in [1.54, 1.807) is 6.20 Å². The van der Waals surface area contributed by atoms with Crippen LogP contribution in [0.1, 0.15) is 17.2 Å². The third-order valence-electron chi connectivity index (χ3n) is 0.853. The molecule has 0 aliphatic carbocycles. The molecule has 9 heavy (non-hydrogen) atoms. The zero-order chi connectivity index (χ0) is 6.85. The van der Waals surface area contributed by atoms with Crippen molar-refractivity contribution < 1.29 is 0 Å². The summed E-state index contributed by atoms with van der Waals surface area (Å²) < 4.78 is 0.728. The van der Waals surface area contributed by atoms with Crippen molar-refractivity contribution in [3.8, 4) is 0 Å². The Hall–Kier alpha value is 0.270. The van der Waals surface area contributed by atoms with Crippen LogP contribution in [0.15, 0.2) is 6.20 Å². The number of aromatic nitrogens is 1. The van der Waals surface area contributed by atoms with E-state index in [1.165, 1.54) is 11.3 Å². The molecule has 1 aromatic heterocycles. The van der Waals surface area contributed by atoms with Gasteiger partial charge in [0.1, 0.15) is 9.34 Å². The van der Waals surface area contributed by atoms with E-state index in [1.807, 2.05) is 6.92 Å². The molecule has 1 rings (SSSR count). The maximum absolute atomic E-state index is 5.63. The largest absolute Gasteiger partial charge is 0.247 e. The number of rotatable bonds is 1. The maximum Gasteiger partial charge on any atom is 0.113 e. The topological polar surface area (TPSA) is 12.9 Å². The van der Waals surface area contributed by atoms with Crippen molar-refractivity contribution in [2.75, 3.05) is 0 Å². The molecule has 4 heteroatoms. The number of thiol groups is 1. The molecule has 0 N–H and O–H groups in total. The fourth-order valence-electron chi connectivity index (χ4n) is 0.460. The van der Waals surface area contributed by atoms with Gasteiger partial charge >= 0.3 is 0 Å². The van der Waals surface area contributed by atoms with Crippen LogP contribution in [0.5, 0.6) is 0 Å². The molecule has 0 unspecified atom stereocenters. The molecule has 0 fully saturated rings. The molecule has 0 bridgehead atoms. The van der Waals surface area contributed by atoms with Crippen molar-refractivity contribution >= 4 is 35.6 Å². The minimum Gasteiger partial charge on any atom is -0.247 e. The Bertz CT molecular complexity index is 197. The number of hydrogen-bond donors (Lipinski definition) is 1. The second kappa shape index (κ2) is 2.90. The first kappa shape index (κ1) is 7.38. The van der Waals surface area contributed by atoms with Gasteiger partial charge in [-0.2, -0.15) is 12.6 Å². The number of hydrogen-bond acceptors (Lipinski definition) is 3. The summed E-state index contributed by atoms with van der Waals surface area (Å²) in [6, 6.07) is 0. The minimum absolute atomic E-state index is 0.197. The lowest BCUT2D eigenvalue weighted by atomic mass is 10.5. The highest BCUT2D eigenvalue weighted by Gasteiger charge is 2.03. The molecule has 0 spiro atoms. The summed E-state index contributed by atoms with van der Waals surface area (Å²) in [7, 11) is 0. The van der Waals surface area contributed by atoms with Gasteiger partial charge in [0.05, 0.1) is 11.4 Å². The SMILES string of the molecule is C[C@H](S)c1ncc(Cl)s1. The number of halogens is 1. The van der Waals surface area contributed by atoms with Crippen LogP contribution in [0.3, 0.4) is 0 Å². The van der Waals surface area contributed by atoms with Gasteiger partial charge in [0, 0.05) is 0 Å². The molecule has 1 nitrogen and oxygen atoms in total. The summed E-state index contributed by atoms with van der Waals surface area (Å²) >= 11 is 11.3. The molecule has 0 saturated carbocycles. The Morgan fingerprint density at radius 1 is 1.89 bits per heavy atom. The molecule has 0 aliphatic heterocycles. The average Bonchev–Trinajstić information content (AvgIpc) is 2.14. The van der Waals surface area contributed by atoms with Crippen LogP contribution >= 0.6 is 35.6 Å². The van der Waals surface area contributed by atoms with Gasteiger partial charge in [0.25, 0.3) is 0 Å². The third-order valence-corrected chi connectivity index (χ3v) is 2.57. The Morgan fingerprint density at radius 2 is 2.56 bits per heavy atom. The lowest BCUT2D eigenvalue weighted by Gasteiger charge is -1.93. The van der Waals surface area contributed by atoms with E-state index in [4.69, 9.17) is 11.6 Å². The van der Waals surface area contributed by atoms with Gasteiger partial charge in [-0.05, 0) is 6.92 Å². The van der Waals surface area contributed by atoms with Crippen LogP contribution in [-0.4, -0.2) is 4.98 Å². The number of nitrogens with zero attached hydrogens (tertiary/aromatic N) is 1. The second-order valence-corrected chi connectivity index (χ2v) is 4.15. The molecule has 0 saturated heterocycles. The Balaban J connectivity index is 2.85. The standard InChI is InChI=1S/C5H6ClNS2/c1-3(8)5-7-2-4(6)9-5/h2-3,8H,1H3/t3-/m0/s1. The summed E-state index contributed by atoms with van der Waals surface area (Å²) in [6.45, 7) is 1.97. The zero-order valence-corrected chi connectivity index (χ0v) is 7.30. The van der Waals surface area contributed by atoms with E-state index in [0.29, 0.717) is 0 Å². The molecule has 0 amide bonds. The van der Waals surface area contributed by atoms with Gasteiger partial charge in [-0.15, -0.1) is 11.3 Å². The van der Waals surface area contributed by atoms with Gasteiger partial charge < -0.3 is 0 Å². The van der Waals surface area contributed by atoms with Crippen molar-refractivity contribution in [3.63, 3.8) is 0 Å². The predicted molar refractivity (Wildman–Crippen MR) is 44.5 cm³/mol. The van der Waals surface area contributed by atoms with Gasteiger partial charge in [-0.1, -0.05) is 11.6 Å². The highest BCUT2D eigenvalue weighted by molar-refractivity contribution is 7.80. The van der Waals surface area contributed by atoms with E-state index >= 15 is 0 Å². The maximum atomic E-state index is 5.63. The van der Waals surface area contributed by atoms with E-state index in [0.717, 1.165) is 9.34 Å². The summed E-state index contributed by atoms with van der Waals surface area (Å²) in [5.41, 5.74) is 0. The highest BCUT2D eigenvalue weighted by atomic mass is 35.5. The first-order valence-corrected chi connectivity index (χ1v) is 4.20. The third kappa shape index (κ3) is 1.85. The van der Waals surface area contributed by atoms with Crippen LogP contribution in [0.2, 0.25) is 4.34 Å². The average molecular weight is 180 g/mol. The number of thiazole rings is 1. The monoisotopic (exact) mass is 179 g/mol. The molecule has 50 valence electrons. The molecular weight excluding hydrogens is 174 g/mol. The van der Waals surface area contributed by atoms with Gasteiger partial charge in [0.15, 0.2) is 0 Å². The van der Waals surface area contributed by atoms with E-state index in [9.17, 15) is 0 Å². The fraction of sp³-hybridized carbons (Fsp3) is 0.400. The van der Waals surface area contributed by atoms with Crippen molar-refractivity contribution in [3.05, 3.63) is 15.5 Å². The first-order chi connectivity index (χ1) is 4.20. The fourth-order valence-corrected chi connectivity index (χ4v) is 1.55. The molecule has 1 heterocycles. The zero-order valence-electron chi connectivity index (χ0n) is 4.84. The van der Waals surface area contributed by atoms with Gasteiger partial charge in [-0.25, -0.2) is 4.98 Å². The normalized spacial score (nSPS) is 13.7. The molecule has 0 radical (unpaired) electrons. The summed E-state index contributed by atoms with van der Waals surface area (Å²) in [5.74, 6) is 0. The Labute approximate surface area is 68.5 Å².